The van der Waals surface area contributed by atoms with E-state index >= 15 is 0 Å². The van der Waals surface area contributed by atoms with Crippen LogP contribution in [0.4, 0.5) is 4.39 Å². The van der Waals surface area contributed by atoms with Gasteiger partial charge in [-0.15, -0.1) is 0 Å². The van der Waals surface area contributed by atoms with Crippen molar-refractivity contribution >= 4 is 0 Å². The van der Waals surface area contributed by atoms with E-state index in [2.05, 4.69) is 6.92 Å². The molecular weight excluding hydrogens is 215 g/mol. The van der Waals surface area contributed by atoms with Crippen molar-refractivity contribution in [1.82, 2.24) is 0 Å². The number of aliphatic hydroxyl groups is 1. The molecule has 0 heterocycles. The van der Waals surface area contributed by atoms with Gasteiger partial charge in [0.1, 0.15) is 5.82 Å². The molecule has 1 nitrogen and oxygen atoms in total. The van der Waals surface area contributed by atoms with Crippen LogP contribution in [0.2, 0.25) is 0 Å². The van der Waals surface area contributed by atoms with Crippen LogP contribution in [0, 0.1) is 11.2 Å². The quantitative estimate of drug-likeness (QED) is 0.845. The summed E-state index contributed by atoms with van der Waals surface area (Å²) in [6.07, 6.45) is 5.58. The molecule has 17 heavy (non-hydrogen) atoms. The fourth-order valence-corrected chi connectivity index (χ4v) is 3.09. The summed E-state index contributed by atoms with van der Waals surface area (Å²) >= 11 is 0. The lowest BCUT2D eigenvalue weighted by atomic mass is 9.76. The van der Waals surface area contributed by atoms with Crippen LogP contribution >= 0.6 is 0 Å². The Kier molecular flexibility index (Phi) is 3.82. The van der Waals surface area contributed by atoms with Gasteiger partial charge < -0.3 is 5.11 Å². The first-order valence-corrected chi connectivity index (χ1v) is 6.59. The maximum absolute atomic E-state index is 13.6. The van der Waals surface area contributed by atoms with E-state index in [1.54, 1.807) is 12.1 Å². The molecule has 1 saturated carbocycles. The molecule has 0 aliphatic heterocycles. The van der Waals surface area contributed by atoms with Crippen molar-refractivity contribution in [2.45, 2.75) is 51.6 Å². The Labute approximate surface area is 103 Å². The van der Waals surface area contributed by atoms with Gasteiger partial charge in [-0.3, -0.25) is 0 Å². The lowest BCUT2D eigenvalue weighted by Gasteiger charge is -2.33. The molecule has 0 radical (unpaired) electrons. The molecule has 0 spiro atoms. The Bertz CT molecular complexity index is 369. The highest BCUT2D eigenvalue weighted by atomic mass is 19.1. The van der Waals surface area contributed by atoms with Crippen LogP contribution in [0.15, 0.2) is 24.3 Å². The smallest absolute Gasteiger partial charge is 0.126 e. The number of hydrogen-bond donors (Lipinski definition) is 1. The molecule has 1 aromatic carbocycles. The lowest BCUT2D eigenvalue weighted by Crippen LogP contribution is -2.34. The van der Waals surface area contributed by atoms with Gasteiger partial charge in [-0.25, -0.2) is 4.39 Å². The van der Waals surface area contributed by atoms with E-state index in [0.717, 1.165) is 19.3 Å². The zero-order valence-corrected chi connectivity index (χ0v) is 10.5. The Morgan fingerprint density at radius 3 is 2.53 bits per heavy atom. The van der Waals surface area contributed by atoms with Crippen molar-refractivity contribution < 1.29 is 9.50 Å². The number of benzene rings is 1. The first-order chi connectivity index (χ1) is 8.18. The summed E-state index contributed by atoms with van der Waals surface area (Å²) in [7, 11) is 0. The van der Waals surface area contributed by atoms with Crippen molar-refractivity contribution in [3.05, 3.63) is 35.6 Å². The molecule has 1 aliphatic rings. The monoisotopic (exact) mass is 236 g/mol. The van der Waals surface area contributed by atoms with Crippen LogP contribution in [0.3, 0.4) is 0 Å². The van der Waals surface area contributed by atoms with Crippen molar-refractivity contribution in [3.8, 4) is 0 Å². The van der Waals surface area contributed by atoms with Gasteiger partial charge in [-0.2, -0.15) is 0 Å². The van der Waals surface area contributed by atoms with Crippen LogP contribution in [0.5, 0.6) is 0 Å². The van der Waals surface area contributed by atoms with Crippen molar-refractivity contribution in [2.24, 2.45) is 5.41 Å². The highest BCUT2D eigenvalue weighted by molar-refractivity contribution is 5.18. The number of hydrogen-bond acceptors (Lipinski definition) is 1. The standard InChI is InChI=1S/C15H21FO/c1-2-15(9-5-6-10-15)14(17)11-12-7-3-4-8-13(12)16/h3-4,7-8,14,17H,2,5-6,9-11H2,1H3. The first-order valence-electron chi connectivity index (χ1n) is 6.59. The minimum absolute atomic E-state index is 0.0300. The van der Waals surface area contributed by atoms with Crippen LogP contribution in [-0.4, -0.2) is 11.2 Å². The van der Waals surface area contributed by atoms with Crippen LogP contribution in [-0.2, 0) is 6.42 Å². The Morgan fingerprint density at radius 2 is 1.94 bits per heavy atom. The normalized spacial score (nSPS) is 20.4. The SMILES string of the molecule is CCC1(C(O)Cc2ccccc2F)CCCC1. The average molecular weight is 236 g/mol. The minimum atomic E-state index is -0.410. The topological polar surface area (TPSA) is 20.2 Å². The van der Waals surface area contributed by atoms with Crippen molar-refractivity contribution in [2.75, 3.05) is 0 Å². The molecule has 2 heteroatoms. The van der Waals surface area contributed by atoms with Crippen molar-refractivity contribution in [1.29, 1.82) is 0 Å². The summed E-state index contributed by atoms with van der Waals surface area (Å²) in [6.45, 7) is 2.13. The van der Waals surface area contributed by atoms with Crippen LogP contribution < -0.4 is 0 Å². The van der Waals surface area contributed by atoms with E-state index in [9.17, 15) is 9.50 Å². The van der Waals surface area contributed by atoms with Crippen LogP contribution in [0.1, 0.15) is 44.6 Å². The molecule has 1 aliphatic carbocycles. The Morgan fingerprint density at radius 1 is 1.29 bits per heavy atom. The molecule has 94 valence electrons. The van der Waals surface area contributed by atoms with E-state index in [-0.39, 0.29) is 11.2 Å². The summed E-state index contributed by atoms with van der Waals surface area (Å²) in [5, 5.41) is 10.4. The molecule has 0 aromatic heterocycles. The van der Waals surface area contributed by atoms with Gasteiger partial charge in [0, 0.05) is 6.42 Å². The zero-order valence-electron chi connectivity index (χ0n) is 10.5. The van der Waals surface area contributed by atoms with Gasteiger partial charge in [0.15, 0.2) is 0 Å². The molecule has 0 amide bonds. The predicted molar refractivity (Wildman–Crippen MR) is 67.3 cm³/mol. The third kappa shape index (κ3) is 2.52. The molecule has 0 bridgehead atoms. The third-order valence-electron chi connectivity index (χ3n) is 4.38. The highest BCUT2D eigenvalue weighted by Gasteiger charge is 2.38. The second-order valence-electron chi connectivity index (χ2n) is 5.23. The fraction of sp³-hybridized carbons (Fsp3) is 0.600. The van der Waals surface area contributed by atoms with Gasteiger partial charge in [0.05, 0.1) is 6.10 Å². The highest BCUT2D eigenvalue weighted by Crippen LogP contribution is 2.44. The summed E-state index contributed by atoms with van der Waals surface area (Å²) in [5.41, 5.74) is 0.669. The van der Waals surface area contributed by atoms with E-state index in [4.69, 9.17) is 0 Å². The molecule has 2 rings (SSSR count). The minimum Gasteiger partial charge on any atom is -0.392 e. The van der Waals surface area contributed by atoms with E-state index in [0.29, 0.717) is 12.0 Å². The van der Waals surface area contributed by atoms with Crippen LogP contribution in [0.25, 0.3) is 0 Å². The lowest BCUT2D eigenvalue weighted by molar-refractivity contribution is 0.0251. The largest absolute Gasteiger partial charge is 0.392 e. The fourth-order valence-electron chi connectivity index (χ4n) is 3.09. The molecule has 1 aromatic rings. The first kappa shape index (κ1) is 12.6. The van der Waals surface area contributed by atoms with E-state index in [1.165, 1.54) is 18.9 Å². The Balaban J connectivity index is 2.10. The van der Waals surface area contributed by atoms with Gasteiger partial charge in [-0.1, -0.05) is 38.0 Å². The van der Waals surface area contributed by atoms with Gasteiger partial charge in [0.25, 0.3) is 0 Å². The maximum atomic E-state index is 13.6. The molecule has 1 atom stereocenters. The van der Waals surface area contributed by atoms with Gasteiger partial charge >= 0.3 is 0 Å². The second-order valence-corrected chi connectivity index (χ2v) is 5.23. The maximum Gasteiger partial charge on any atom is 0.126 e. The van der Waals surface area contributed by atoms with Crippen molar-refractivity contribution in [3.63, 3.8) is 0 Å². The molecule has 0 saturated heterocycles. The van der Waals surface area contributed by atoms with E-state index in [1.807, 2.05) is 6.07 Å². The molecule has 1 fully saturated rings. The van der Waals surface area contributed by atoms with Gasteiger partial charge in [-0.05, 0) is 36.3 Å². The number of aliphatic hydroxyl groups excluding tert-OH is 1. The summed E-state index contributed by atoms with van der Waals surface area (Å²) < 4.78 is 13.6. The number of halogens is 1. The molecule has 1 N–H and O–H groups in total. The predicted octanol–water partition coefficient (Wildman–Crippen LogP) is 3.70. The summed E-state index contributed by atoms with van der Waals surface area (Å²) in [5.74, 6) is -0.198. The summed E-state index contributed by atoms with van der Waals surface area (Å²) in [4.78, 5) is 0. The van der Waals surface area contributed by atoms with E-state index < -0.39 is 6.10 Å². The zero-order chi connectivity index (χ0) is 12.3. The average Bonchev–Trinajstić information content (AvgIpc) is 2.82. The Hall–Kier alpha value is -0.890. The molecule has 1 unspecified atom stereocenters. The third-order valence-corrected chi connectivity index (χ3v) is 4.38. The summed E-state index contributed by atoms with van der Waals surface area (Å²) in [6, 6.07) is 6.76. The molecular formula is C15H21FO. The second kappa shape index (κ2) is 5.18. The van der Waals surface area contributed by atoms with Gasteiger partial charge in [0.2, 0.25) is 0 Å². The number of rotatable bonds is 4.